The Bertz CT molecular complexity index is 3780. The Morgan fingerprint density at radius 3 is 1.52 bits per heavy atom. The van der Waals surface area contributed by atoms with Crippen molar-refractivity contribution in [2.45, 2.75) is 209 Å². The van der Waals surface area contributed by atoms with Gasteiger partial charge in [0.2, 0.25) is 0 Å². The second-order valence-corrected chi connectivity index (χ2v) is 31.6. The van der Waals surface area contributed by atoms with Crippen molar-refractivity contribution in [2.75, 3.05) is 14.7 Å². The summed E-state index contributed by atoms with van der Waals surface area (Å²) in [7, 11) is 0. The van der Waals surface area contributed by atoms with Crippen LogP contribution >= 0.6 is 11.3 Å². The molecule has 0 N–H and O–H groups in total. The van der Waals surface area contributed by atoms with Crippen LogP contribution in [0.3, 0.4) is 0 Å². The predicted molar refractivity (Wildman–Crippen MR) is 349 cm³/mol. The highest BCUT2D eigenvalue weighted by atomic mass is 32.1. The van der Waals surface area contributed by atoms with E-state index < -0.39 is 0 Å². The highest BCUT2D eigenvalue weighted by Gasteiger charge is 2.62. The van der Waals surface area contributed by atoms with Gasteiger partial charge in [-0.05, 0) is 177 Å². The summed E-state index contributed by atoms with van der Waals surface area (Å²) in [6.45, 7) is 50.2. The van der Waals surface area contributed by atoms with E-state index in [-0.39, 0.29) is 44.7 Å². The Hall–Kier alpha value is -5.78. The number of fused-ring (bicyclic) bond motifs is 11. The molecule has 1 aliphatic carbocycles. The van der Waals surface area contributed by atoms with Gasteiger partial charge in [0.15, 0.2) is 0 Å². The van der Waals surface area contributed by atoms with Crippen LogP contribution in [-0.4, -0.2) is 12.3 Å². The van der Waals surface area contributed by atoms with Gasteiger partial charge in [0.25, 0.3) is 6.71 Å². The molecule has 12 rings (SSSR count). The molecular formula is C74H88BN3S. The summed E-state index contributed by atoms with van der Waals surface area (Å²) < 4.78 is 2.73. The van der Waals surface area contributed by atoms with E-state index in [0.717, 1.165) is 6.42 Å². The molecule has 8 aromatic rings. The molecule has 1 aromatic heterocycles. The molecule has 1 fully saturated rings. The number of rotatable bonds is 4. The molecule has 2 atom stereocenters. The smallest absolute Gasteiger partial charge is 0.252 e. The van der Waals surface area contributed by atoms with Crippen LogP contribution < -0.4 is 31.1 Å². The SMILES string of the molecule is Cc1cc(C(C)(C)C)ccc1N(c1cc2c3c(c1)N1c4c(cc(C(C)(C)C)cc4C4(C)CCCCC14C)B3c1ccc3c(sc4cc(C(C)(C)C)ccc43)c1N2c1c(C)cc(C(C)(C)C)cc1C)c1ccc(C(C)(C)C)cc1C. The van der Waals surface area contributed by atoms with Gasteiger partial charge in [-0.3, -0.25) is 0 Å². The van der Waals surface area contributed by atoms with Gasteiger partial charge in [0, 0.05) is 49.3 Å². The molecule has 0 bridgehead atoms. The third kappa shape index (κ3) is 8.06. The normalized spacial score (nSPS) is 19.0. The summed E-state index contributed by atoms with van der Waals surface area (Å²) >= 11 is 2.01. The summed E-state index contributed by atoms with van der Waals surface area (Å²) in [4.78, 5) is 8.40. The maximum Gasteiger partial charge on any atom is 0.252 e. The molecule has 1 saturated carbocycles. The minimum atomic E-state index is -0.152. The average molecular weight is 1060 g/mol. The summed E-state index contributed by atoms with van der Waals surface area (Å²) in [5, 5.41) is 2.69. The van der Waals surface area contributed by atoms with Crippen LogP contribution in [0, 0.1) is 27.7 Å². The molecule has 2 unspecified atom stereocenters. The molecule has 0 radical (unpaired) electrons. The molecule has 5 heteroatoms. The van der Waals surface area contributed by atoms with Gasteiger partial charge in [-0.25, -0.2) is 0 Å². The Morgan fingerprint density at radius 2 is 0.962 bits per heavy atom. The highest BCUT2D eigenvalue weighted by molar-refractivity contribution is 7.26. The largest absolute Gasteiger partial charge is 0.335 e. The summed E-state index contributed by atoms with van der Waals surface area (Å²) in [6.07, 6.45) is 4.79. The third-order valence-electron chi connectivity index (χ3n) is 19.8. The average Bonchev–Trinajstić information content (AvgIpc) is 3.41. The standard InChI is InChI=1S/C74H88BN3S/c1-43-34-47(68(5,6)7)25-30-58(43)76(59-31-26-48(35-44(59)2)69(8,9)10)52-41-60-63-61(42-52)78-65-55(73(20)32-22-23-33-74(73,78)21)38-51(72(17,18)19)39-57(65)75(63)56-29-28-54-53-27-24-49(70(11,12)13)40-62(53)79-67(54)66(56)77(60)64-45(3)36-50(37-46(64)4)71(14,15)16/h24-31,34-42H,22-23,32-33H2,1-21H3. The second kappa shape index (κ2) is 17.4. The summed E-state index contributed by atoms with van der Waals surface area (Å²) in [5.74, 6) is 0. The lowest BCUT2D eigenvalue weighted by Crippen LogP contribution is -2.64. The van der Waals surface area contributed by atoms with Gasteiger partial charge in [-0.15, -0.1) is 11.3 Å². The topological polar surface area (TPSA) is 9.72 Å². The van der Waals surface area contributed by atoms with Crippen molar-refractivity contribution in [3.63, 3.8) is 0 Å². The Balaban J connectivity index is 1.28. The zero-order valence-electron chi connectivity index (χ0n) is 52.0. The molecule has 79 heavy (non-hydrogen) atoms. The number of thiophene rings is 1. The van der Waals surface area contributed by atoms with E-state index in [9.17, 15) is 0 Å². The first-order chi connectivity index (χ1) is 36.7. The van der Waals surface area contributed by atoms with E-state index in [1.807, 2.05) is 11.3 Å². The first kappa shape index (κ1) is 53.8. The van der Waals surface area contributed by atoms with Crippen molar-refractivity contribution < 1.29 is 0 Å². The summed E-state index contributed by atoms with van der Waals surface area (Å²) in [6, 6.07) is 42.6. The van der Waals surface area contributed by atoms with Crippen molar-refractivity contribution in [3.05, 3.63) is 159 Å². The lowest BCUT2D eigenvalue weighted by Gasteiger charge is -2.53. The van der Waals surface area contributed by atoms with Gasteiger partial charge >= 0.3 is 0 Å². The monoisotopic (exact) mass is 1060 g/mol. The molecule has 3 nitrogen and oxygen atoms in total. The molecule has 0 saturated heterocycles. The Labute approximate surface area is 479 Å². The predicted octanol–water partition coefficient (Wildman–Crippen LogP) is 19.6. The molecule has 408 valence electrons. The van der Waals surface area contributed by atoms with Crippen LogP contribution in [0.5, 0.6) is 0 Å². The van der Waals surface area contributed by atoms with Crippen molar-refractivity contribution in [2.24, 2.45) is 0 Å². The quantitative estimate of drug-likeness (QED) is 0.163. The molecule has 4 heterocycles. The van der Waals surface area contributed by atoms with Gasteiger partial charge in [-0.2, -0.15) is 0 Å². The van der Waals surface area contributed by atoms with Crippen LogP contribution in [0.4, 0.5) is 45.5 Å². The fourth-order valence-electron chi connectivity index (χ4n) is 14.8. The molecule has 7 aromatic carbocycles. The van der Waals surface area contributed by atoms with E-state index in [0.29, 0.717) is 0 Å². The van der Waals surface area contributed by atoms with E-state index >= 15 is 0 Å². The van der Waals surface area contributed by atoms with Crippen LogP contribution in [0.2, 0.25) is 0 Å². The van der Waals surface area contributed by atoms with Gasteiger partial charge in [0.05, 0.1) is 27.3 Å². The molecule has 0 amide bonds. The van der Waals surface area contributed by atoms with Crippen molar-refractivity contribution in [3.8, 4) is 0 Å². The highest BCUT2D eigenvalue weighted by Crippen LogP contribution is 2.63. The minimum Gasteiger partial charge on any atom is -0.335 e. The second-order valence-electron chi connectivity index (χ2n) is 30.5. The lowest BCUT2D eigenvalue weighted by molar-refractivity contribution is 0.195. The third-order valence-corrected chi connectivity index (χ3v) is 21.0. The van der Waals surface area contributed by atoms with Crippen LogP contribution in [-0.2, 0) is 32.5 Å². The van der Waals surface area contributed by atoms with Crippen LogP contribution in [0.15, 0.2) is 103 Å². The molecule has 3 aliphatic heterocycles. The summed E-state index contributed by atoms with van der Waals surface area (Å²) in [5.41, 5.74) is 28.1. The number of anilines is 8. The number of hydrogen-bond donors (Lipinski definition) is 0. The molecule has 4 aliphatic rings. The Kier molecular flexibility index (Phi) is 11.8. The van der Waals surface area contributed by atoms with Crippen LogP contribution in [0.1, 0.15) is 199 Å². The van der Waals surface area contributed by atoms with E-state index in [2.05, 4.69) is 263 Å². The van der Waals surface area contributed by atoms with Crippen LogP contribution in [0.25, 0.3) is 20.2 Å². The number of nitrogens with zero attached hydrogens (tertiary/aromatic N) is 3. The van der Waals surface area contributed by atoms with Gasteiger partial charge in [-0.1, -0.05) is 196 Å². The Morgan fingerprint density at radius 1 is 0.468 bits per heavy atom. The van der Waals surface area contributed by atoms with Gasteiger partial charge < -0.3 is 14.7 Å². The first-order valence-corrected chi connectivity index (χ1v) is 30.6. The maximum atomic E-state index is 2.95. The van der Waals surface area contributed by atoms with Crippen molar-refractivity contribution >= 4 is 100 Å². The van der Waals surface area contributed by atoms with E-state index in [4.69, 9.17) is 0 Å². The van der Waals surface area contributed by atoms with Crippen molar-refractivity contribution in [1.82, 2.24) is 0 Å². The molecular weight excluding hydrogens is 974 g/mol. The van der Waals surface area contributed by atoms with E-state index in [1.54, 1.807) is 5.56 Å². The number of benzene rings is 7. The first-order valence-electron chi connectivity index (χ1n) is 29.8. The minimum absolute atomic E-state index is 0.00708. The number of hydrogen-bond acceptors (Lipinski definition) is 4. The zero-order chi connectivity index (χ0) is 56.8. The van der Waals surface area contributed by atoms with Crippen molar-refractivity contribution in [1.29, 1.82) is 0 Å². The fourth-order valence-corrected chi connectivity index (χ4v) is 16.1. The fraction of sp³-hybridized carbons (Fsp3) is 0.432. The lowest BCUT2D eigenvalue weighted by atomic mass is 9.33. The van der Waals surface area contributed by atoms with E-state index in [1.165, 1.54) is 151 Å². The van der Waals surface area contributed by atoms with Gasteiger partial charge in [0.1, 0.15) is 0 Å². The zero-order valence-corrected chi connectivity index (χ0v) is 52.8. The maximum absolute atomic E-state index is 2.95. The number of aryl methyl sites for hydroxylation is 4. The molecule has 0 spiro atoms.